The van der Waals surface area contributed by atoms with E-state index in [0.717, 1.165) is 6.07 Å². The van der Waals surface area contributed by atoms with Crippen molar-refractivity contribution < 1.29 is 28.5 Å². The Kier molecular flexibility index (Phi) is 7.75. The minimum Gasteiger partial charge on any atom is -0.508 e. The molecule has 0 aromatic heterocycles. The van der Waals surface area contributed by atoms with E-state index in [4.69, 9.17) is 4.74 Å². The Labute approximate surface area is 174 Å². The molecule has 8 heteroatoms. The minimum atomic E-state index is -1.05. The van der Waals surface area contributed by atoms with Crippen LogP contribution in [0.25, 0.3) is 0 Å². The van der Waals surface area contributed by atoms with Crippen molar-refractivity contribution in [3.05, 3.63) is 53.1 Å². The molecule has 0 spiro atoms. The standard InChI is InChI=1S/C20H22F2N2O4.C2H6/c1-20(2,8-11-3-4-12(21)5-15(11)22)23-9-17(26)14-6-13(25)7-16-19(14)28-10-18(27)24-16;1-2/h3-7,17,23,25-26H,8-10H2,1-2H3,(H,24,27);1-2H3. The largest absolute Gasteiger partial charge is 0.508 e. The number of aromatic hydroxyl groups is 1. The summed E-state index contributed by atoms with van der Waals surface area (Å²) in [6, 6.07) is 6.15. The van der Waals surface area contributed by atoms with Crippen molar-refractivity contribution in [2.24, 2.45) is 0 Å². The molecule has 3 rings (SSSR count). The highest BCUT2D eigenvalue weighted by atomic mass is 19.1. The Morgan fingerprint density at radius 2 is 1.93 bits per heavy atom. The lowest BCUT2D eigenvalue weighted by Crippen LogP contribution is -2.43. The summed E-state index contributed by atoms with van der Waals surface area (Å²) in [4.78, 5) is 11.5. The second-order valence-electron chi connectivity index (χ2n) is 7.44. The third-order valence-electron chi connectivity index (χ3n) is 4.50. The van der Waals surface area contributed by atoms with E-state index in [1.807, 2.05) is 27.7 Å². The summed E-state index contributed by atoms with van der Waals surface area (Å²) in [5, 5.41) is 26.2. The molecule has 0 saturated heterocycles. The first-order valence-electron chi connectivity index (χ1n) is 9.81. The summed E-state index contributed by atoms with van der Waals surface area (Å²) < 4.78 is 32.4. The van der Waals surface area contributed by atoms with E-state index in [-0.39, 0.29) is 36.9 Å². The highest BCUT2D eigenvalue weighted by molar-refractivity contribution is 5.96. The fraction of sp³-hybridized carbons (Fsp3) is 0.409. The molecule has 1 amide bonds. The number of rotatable bonds is 6. The molecule has 2 aromatic carbocycles. The van der Waals surface area contributed by atoms with Gasteiger partial charge in [-0.1, -0.05) is 19.9 Å². The maximum absolute atomic E-state index is 13.9. The SMILES string of the molecule is CC.CC(C)(Cc1ccc(F)cc1F)NCC(O)c1cc(O)cc2c1OCC(=O)N2. The Morgan fingerprint density at radius 3 is 2.60 bits per heavy atom. The highest BCUT2D eigenvalue weighted by Gasteiger charge is 2.26. The van der Waals surface area contributed by atoms with E-state index in [9.17, 15) is 23.8 Å². The fourth-order valence-corrected chi connectivity index (χ4v) is 3.15. The number of aliphatic hydroxyl groups excluding tert-OH is 1. The number of hydrogen-bond donors (Lipinski definition) is 4. The molecule has 1 unspecified atom stereocenters. The molecular weight excluding hydrogens is 394 g/mol. The maximum atomic E-state index is 13.9. The number of β-amino-alcohol motifs (C(OH)–C–C–N with tert-alkyl or cyclic N) is 1. The number of anilines is 1. The van der Waals surface area contributed by atoms with Crippen LogP contribution in [0.15, 0.2) is 30.3 Å². The van der Waals surface area contributed by atoms with Crippen molar-refractivity contribution in [1.29, 1.82) is 0 Å². The average molecular weight is 422 g/mol. The molecule has 6 nitrogen and oxygen atoms in total. The van der Waals surface area contributed by atoms with E-state index in [1.165, 1.54) is 24.3 Å². The lowest BCUT2D eigenvalue weighted by Gasteiger charge is -2.29. The first kappa shape index (κ1) is 23.6. The van der Waals surface area contributed by atoms with Crippen molar-refractivity contribution in [2.75, 3.05) is 18.5 Å². The summed E-state index contributed by atoms with van der Waals surface area (Å²) >= 11 is 0. The van der Waals surface area contributed by atoms with Gasteiger partial charge in [-0.2, -0.15) is 0 Å². The second-order valence-corrected chi connectivity index (χ2v) is 7.44. The van der Waals surface area contributed by atoms with Crippen molar-refractivity contribution in [2.45, 2.75) is 45.8 Å². The van der Waals surface area contributed by atoms with Crippen LogP contribution in [0.3, 0.4) is 0 Å². The number of nitrogens with one attached hydrogen (secondary N) is 2. The van der Waals surface area contributed by atoms with Crippen LogP contribution in [0.1, 0.15) is 44.9 Å². The van der Waals surface area contributed by atoms with Crippen LogP contribution in [0.2, 0.25) is 0 Å². The number of amides is 1. The van der Waals surface area contributed by atoms with Crippen molar-refractivity contribution in [1.82, 2.24) is 5.32 Å². The van der Waals surface area contributed by atoms with Gasteiger partial charge in [-0.25, -0.2) is 8.78 Å². The number of phenols is 1. The molecule has 1 aliphatic rings. The molecule has 164 valence electrons. The molecule has 0 radical (unpaired) electrons. The van der Waals surface area contributed by atoms with Gasteiger partial charge in [-0.3, -0.25) is 4.79 Å². The van der Waals surface area contributed by atoms with Crippen LogP contribution in [-0.4, -0.2) is 34.8 Å². The molecule has 4 N–H and O–H groups in total. The summed E-state index contributed by atoms with van der Waals surface area (Å²) in [6.07, 6.45) is -0.774. The molecule has 0 saturated carbocycles. The smallest absolute Gasteiger partial charge is 0.262 e. The maximum Gasteiger partial charge on any atom is 0.262 e. The van der Waals surface area contributed by atoms with Gasteiger partial charge in [0.2, 0.25) is 0 Å². The van der Waals surface area contributed by atoms with Crippen molar-refractivity contribution >= 4 is 11.6 Å². The summed E-state index contributed by atoms with van der Waals surface area (Å²) in [7, 11) is 0. The Balaban J connectivity index is 0.00000155. The van der Waals surface area contributed by atoms with E-state index in [1.54, 1.807) is 0 Å². The van der Waals surface area contributed by atoms with Gasteiger partial charge in [0.1, 0.15) is 23.1 Å². The third kappa shape index (κ3) is 5.90. The quantitative estimate of drug-likeness (QED) is 0.570. The minimum absolute atomic E-state index is 0.0863. The summed E-state index contributed by atoms with van der Waals surface area (Å²) in [5.74, 6) is -1.43. The van der Waals surface area contributed by atoms with Crippen LogP contribution in [-0.2, 0) is 11.2 Å². The van der Waals surface area contributed by atoms with Crippen LogP contribution < -0.4 is 15.4 Å². The number of carbonyl (C=O) groups is 1. The van der Waals surface area contributed by atoms with Gasteiger partial charge in [-0.15, -0.1) is 0 Å². The lowest BCUT2D eigenvalue weighted by atomic mass is 9.94. The number of aliphatic hydroxyl groups is 1. The molecule has 1 heterocycles. The van der Waals surface area contributed by atoms with Gasteiger partial charge in [0, 0.05) is 29.8 Å². The average Bonchev–Trinajstić information content (AvgIpc) is 2.69. The van der Waals surface area contributed by atoms with Crippen LogP contribution in [0.5, 0.6) is 11.5 Å². The van der Waals surface area contributed by atoms with Crippen LogP contribution in [0.4, 0.5) is 14.5 Å². The zero-order valence-electron chi connectivity index (χ0n) is 17.6. The first-order chi connectivity index (χ1) is 14.1. The zero-order valence-corrected chi connectivity index (χ0v) is 17.6. The fourth-order valence-electron chi connectivity index (χ4n) is 3.15. The molecule has 0 fully saturated rings. The number of ether oxygens (including phenoxy) is 1. The molecular formula is C22H28F2N2O4. The topological polar surface area (TPSA) is 90.8 Å². The number of phenolic OH excluding ortho intramolecular Hbond substituents is 1. The molecule has 30 heavy (non-hydrogen) atoms. The molecule has 0 aliphatic carbocycles. The van der Waals surface area contributed by atoms with E-state index < -0.39 is 23.3 Å². The Hall–Kier alpha value is -2.71. The second kappa shape index (κ2) is 9.86. The monoisotopic (exact) mass is 422 g/mol. The molecule has 1 atom stereocenters. The van der Waals surface area contributed by atoms with Gasteiger partial charge in [0.05, 0.1) is 11.8 Å². The molecule has 1 aliphatic heterocycles. The number of carbonyl (C=O) groups excluding carboxylic acids is 1. The molecule has 0 bridgehead atoms. The Bertz CT molecular complexity index is 903. The summed E-state index contributed by atoms with van der Waals surface area (Å²) in [5.41, 5.74) is 0.365. The van der Waals surface area contributed by atoms with E-state index in [0.29, 0.717) is 16.9 Å². The predicted molar refractivity (Wildman–Crippen MR) is 111 cm³/mol. The number of hydrogen-bond acceptors (Lipinski definition) is 5. The van der Waals surface area contributed by atoms with Gasteiger partial charge < -0.3 is 25.6 Å². The number of benzene rings is 2. The highest BCUT2D eigenvalue weighted by Crippen LogP contribution is 2.38. The van der Waals surface area contributed by atoms with Gasteiger partial charge >= 0.3 is 0 Å². The number of halogens is 2. The summed E-state index contributed by atoms with van der Waals surface area (Å²) in [6.45, 7) is 7.57. The van der Waals surface area contributed by atoms with Gasteiger partial charge in [-0.05, 0) is 38.0 Å². The predicted octanol–water partition coefficient (Wildman–Crippen LogP) is 3.67. The first-order valence-corrected chi connectivity index (χ1v) is 9.81. The van der Waals surface area contributed by atoms with Crippen molar-refractivity contribution in [3.63, 3.8) is 0 Å². The number of fused-ring (bicyclic) bond motifs is 1. The van der Waals surface area contributed by atoms with E-state index in [2.05, 4.69) is 10.6 Å². The van der Waals surface area contributed by atoms with Crippen LogP contribution >= 0.6 is 0 Å². The van der Waals surface area contributed by atoms with Gasteiger partial charge in [0.25, 0.3) is 5.91 Å². The Morgan fingerprint density at radius 1 is 1.23 bits per heavy atom. The van der Waals surface area contributed by atoms with Gasteiger partial charge in [0.15, 0.2) is 6.61 Å². The van der Waals surface area contributed by atoms with E-state index >= 15 is 0 Å². The molecule has 2 aromatic rings. The normalized spacial score (nSPS) is 14.0. The lowest BCUT2D eigenvalue weighted by molar-refractivity contribution is -0.118. The third-order valence-corrected chi connectivity index (χ3v) is 4.50. The van der Waals surface area contributed by atoms with Crippen LogP contribution in [0, 0.1) is 11.6 Å². The zero-order chi connectivity index (χ0) is 22.5. The van der Waals surface area contributed by atoms with Crippen molar-refractivity contribution in [3.8, 4) is 11.5 Å².